The fourth-order valence-corrected chi connectivity index (χ4v) is 2.44. The van der Waals surface area contributed by atoms with E-state index in [1.54, 1.807) is 6.07 Å². The van der Waals surface area contributed by atoms with Crippen LogP contribution < -0.4 is 10.4 Å². The van der Waals surface area contributed by atoms with Crippen molar-refractivity contribution < 1.29 is 9.15 Å². The van der Waals surface area contributed by atoms with Crippen LogP contribution in [0.1, 0.15) is 0 Å². The Bertz CT molecular complexity index is 853. The molecule has 23 heavy (non-hydrogen) atoms. The van der Waals surface area contributed by atoms with Gasteiger partial charge in [0, 0.05) is 24.1 Å². The Morgan fingerprint density at radius 3 is 2.57 bits per heavy atom. The second-order valence-electron chi connectivity index (χ2n) is 5.65. The highest BCUT2D eigenvalue weighted by atomic mass is 16.5. The summed E-state index contributed by atoms with van der Waals surface area (Å²) in [6.45, 7) is 1.41. The van der Waals surface area contributed by atoms with Crippen molar-refractivity contribution in [3.8, 4) is 16.9 Å². The van der Waals surface area contributed by atoms with Crippen LogP contribution >= 0.6 is 0 Å². The molecule has 0 unspecified atom stereocenters. The van der Waals surface area contributed by atoms with Crippen LogP contribution in [0.2, 0.25) is 0 Å². The monoisotopic (exact) mass is 309 g/mol. The molecule has 0 N–H and O–H groups in total. The third-order valence-corrected chi connectivity index (χ3v) is 3.61. The van der Waals surface area contributed by atoms with E-state index in [1.165, 1.54) is 6.07 Å². The van der Waals surface area contributed by atoms with E-state index in [2.05, 4.69) is 4.90 Å². The van der Waals surface area contributed by atoms with Crippen molar-refractivity contribution in [1.29, 1.82) is 0 Å². The second kappa shape index (κ2) is 6.67. The standard InChI is InChI=1S/C19H19NO3/c1-20(2)10-11-22-15-8-9-16-17(14-6-4-3-5-7-14)13-19(21)23-18(16)12-15/h3-9,12-13H,10-11H2,1-2H3. The average Bonchev–Trinajstić information content (AvgIpc) is 2.54. The highest BCUT2D eigenvalue weighted by Crippen LogP contribution is 2.29. The minimum atomic E-state index is -0.359. The van der Waals surface area contributed by atoms with Crippen LogP contribution in [0.5, 0.6) is 5.75 Å². The first kappa shape index (κ1) is 15.3. The first-order valence-corrected chi connectivity index (χ1v) is 7.54. The maximum atomic E-state index is 11.9. The van der Waals surface area contributed by atoms with Crippen molar-refractivity contribution in [1.82, 2.24) is 4.90 Å². The number of hydrogen-bond acceptors (Lipinski definition) is 4. The van der Waals surface area contributed by atoms with E-state index < -0.39 is 0 Å². The quantitative estimate of drug-likeness (QED) is 0.678. The maximum absolute atomic E-state index is 11.9. The number of hydrogen-bond donors (Lipinski definition) is 0. The largest absolute Gasteiger partial charge is 0.492 e. The van der Waals surface area contributed by atoms with Crippen LogP contribution in [-0.2, 0) is 0 Å². The molecule has 0 spiro atoms. The molecule has 118 valence electrons. The van der Waals surface area contributed by atoms with Crippen LogP contribution in [0.15, 0.2) is 63.8 Å². The lowest BCUT2D eigenvalue weighted by molar-refractivity contribution is 0.261. The fraction of sp³-hybridized carbons (Fsp3) is 0.211. The summed E-state index contributed by atoms with van der Waals surface area (Å²) in [5.74, 6) is 0.702. The smallest absolute Gasteiger partial charge is 0.336 e. The summed E-state index contributed by atoms with van der Waals surface area (Å²) in [6, 6.07) is 17.0. The van der Waals surface area contributed by atoms with Gasteiger partial charge in [0.15, 0.2) is 0 Å². The molecule has 0 fully saturated rings. The molecule has 0 amide bonds. The van der Waals surface area contributed by atoms with Crippen molar-refractivity contribution in [2.24, 2.45) is 0 Å². The van der Waals surface area contributed by atoms with Gasteiger partial charge in [0.05, 0.1) is 0 Å². The third kappa shape index (κ3) is 3.60. The van der Waals surface area contributed by atoms with Gasteiger partial charge in [0.25, 0.3) is 0 Å². The predicted molar refractivity (Wildman–Crippen MR) is 92.0 cm³/mol. The van der Waals surface area contributed by atoms with Gasteiger partial charge in [0.2, 0.25) is 0 Å². The Balaban J connectivity index is 1.99. The summed E-state index contributed by atoms with van der Waals surface area (Å²) in [7, 11) is 3.99. The van der Waals surface area contributed by atoms with E-state index in [1.807, 2.05) is 56.6 Å². The summed E-state index contributed by atoms with van der Waals surface area (Å²) < 4.78 is 11.1. The van der Waals surface area contributed by atoms with Crippen molar-refractivity contribution in [2.75, 3.05) is 27.2 Å². The Morgan fingerprint density at radius 1 is 1.04 bits per heavy atom. The van der Waals surface area contributed by atoms with E-state index in [4.69, 9.17) is 9.15 Å². The molecular formula is C19H19NO3. The van der Waals surface area contributed by atoms with E-state index in [0.717, 1.165) is 23.1 Å². The Kier molecular flexibility index (Phi) is 4.44. The average molecular weight is 309 g/mol. The molecule has 0 aliphatic rings. The lowest BCUT2D eigenvalue weighted by atomic mass is 10.0. The van der Waals surface area contributed by atoms with Crippen molar-refractivity contribution >= 4 is 11.0 Å². The van der Waals surface area contributed by atoms with Crippen LogP contribution in [0.25, 0.3) is 22.1 Å². The Labute approximate surface area is 134 Å². The highest BCUT2D eigenvalue weighted by molar-refractivity contribution is 5.93. The minimum Gasteiger partial charge on any atom is -0.492 e. The number of benzene rings is 2. The van der Waals surface area contributed by atoms with Gasteiger partial charge in [-0.25, -0.2) is 4.79 Å². The van der Waals surface area contributed by atoms with Gasteiger partial charge >= 0.3 is 5.63 Å². The molecule has 4 heteroatoms. The van der Waals surface area contributed by atoms with Gasteiger partial charge in [-0.3, -0.25) is 0 Å². The van der Waals surface area contributed by atoms with Gasteiger partial charge in [-0.2, -0.15) is 0 Å². The molecule has 0 saturated carbocycles. The zero-order valence-electron chi connectivity index (χ0n) is 13.3. The molecule has 1 aromatic heterocycles. The topological polar surface area (TPSA) is 42.7 Å². The first-order valence-electron chi connectivity index (χ1n) is 7.54. The van der Waals surface area contributed by atoms with Crippen LogP contribution in [-0.4, -0.2) is 32.1 Å². The summed E-state index contributed by atoms with van der Waals surface area (Å²) in [4.78, 5) is 13.9. The summed E-state index contributed by atoms with van der Waals surface area (Å²) in [6.07, 6.45) is 0. The second-order valence-corrected chi connectivity index (χ2v) is 5.65. The molecule has 4 nitrogen and oxygen atoms in total. The molecule has 0 aliphatic heterocycles. The van der Waals surface area contributed by atoms with E-state index in [0.29, 0.717) is 17.9 Å². The number of likely N-dealkylation sites (N-methyl/N-ethyl adjacent to an activating group) is 1. The number of ether oxygens (including phenoxy) is 1. The van der Waals surface area contributed by atoms with Crippen molar-refractivity contribution in [3.05, 3.63) is 65.0 Å². The molecule has 0 saturated heterocycles. The van der Waals surface area contributed by atoms with Gasteiger partial charge in [-0.15, -0.1) is 0 Å². The number of rotatable bonds is 5. The van der Waals surface area contributed by atoms with Crippen molar-refractivity contribution in [3.63, 3.8) is 0 Å². The summed E-state index contributed by atoms with van der Waals surface area (Å²) in [5.41, 5.74) is 2.05. The molecule has 0 bridgehead atoms. The van der Waals surface area contributed by atoms with Crippen LogP contribution in [0.3, 0.4) is 0 Å². The summed E-state index contributed by atoms with van der Waals surface area (Å²) in [5, 5.41) is 0.899. The highest BCUT2D eigenvalue weighted by Gasteiger charge is 2.09. The fourth-order valence-electron chi connectivity index (χ4n) is 2.44. The van der Waals surface area contributed by atoms with E-state index >= 15 is 0 Å². The van der Waals surface area contributed by atoms with Crippen LogP contribution in [0.4, 0.5) is 0 Å². The minimum absolute atomic E-state index is 0.359. The molecule has 2 aromatic carbocycles. The molecule has 3 rings (SSSR count). The molecule has 3 aromatic rings. The first-order chi connectivity index (χ1) is 11.1. The molecule has 0 aliphatic carbocycles. The molecule has 0 radical (unpaired) electrons. The lowest BCUT2D eigenvalue weighted by Crippen LogP contribution is -2.19. The lowest BCUT2D eigenvalue weighted by Gasteiger charge is -2.12. The predicted octanol–water partition coefficient (Wildman–Crippen LogP) is 3.40. The Hall–Kier alpha value is -2.59. The number of fused-ring (bicyclic) bond motifs is 1. The number of nitrogens with zero attached hydrogens (tertiary/aromatic N) is 1. The van der Waals surface area contributed by atoms with Gasteiger partial charge < -0.3 is 14.1 Å². The Morgan fingerprint density at radius 2 is 1.83 bits per heavy atom. The van der Waals surface area contributed by atoms with Crippen LogP contribution in [0, 0.1) is 0 Å². The maximum Gasteiger partial charge on any atom is 0.336 e. The molecular weight excluding hydrogens is 290 g/mol. The normalized spacial score (nSPS) is 11.1. The van der Waals surface area contributed by atoms with Gasteiger partial charge in [-0.1, -0.05) is 30.3 Å². The van der Waals surface area contributed by atoms with E-state index in [9.17, 15) is 4.79 Å². The molecule has 1 heterocycles. The van der Waals surface area contributed by atoms with E-state index in [-0.39, 0.29) is 5.63 Å². The van der Waals surface area contributed by atoms with Gasteiger partial charge in [-0.05, 0) is 37.4 Å². The SMILES string of the molecule is CN(C)CCOc1ccc2c(-c3ccccc3)cc(=O)oc2c1. The van der Waals surface area contributed by atoms with Crippen molar-refractivity contribution in [2.45, 2.75) is 0 Å². The summed E-state index contributed by atoms with van der Waals surface area (Å²) >= 11 is 0. The third-order valence-electron chi connectivity index (χ3n) is 3.61. The van der Waals surface area contributed by atoms with Gasteiger partial charge in [0.1, 0.15) is 17.9 Å². The zero-order chi connectivity index (χ0) is 16.2. The zero-order valence-corrected chi connectivity index (χ0v) is 13.3. The molecule has 0 atom stereocenters.